The topological polar surface area (TPSA) is 89.5 Å². The number of carboxylic acid groups (broad SMARTS) is 1. The SMILES string of the molecule is CCCc1cnc([C@@H]2Cc3ccccc3N2C(=O)[C@H](C)CN(C(=O)O)C(C)(C)C)[nH]1. The number of nitrogens with one attached hydrogen (secondary N) is 1. The standard InChI is InChI=1S/C23H32N4O3/c1-6-9-17-13-24-20(25-17)19-12-16-10-7-8-11-18(16)27(19)21(28)15(2)14-26(22(29)30)23(3,4)5/h7-8,10-11,13,15,19H,6,9,12,14H2,1-5H3,(H,24,25)(H,29,30)/t15-,19+/m1/s1. The number of benzene rings is 1. The van der Waals surface area contributed by atoms with Crippen LogP contribution in [-0.2, 0) is 17.6 Å². The molecule has 1 aliphatic rings. The molecule has 1 aromatic carbocycles. The molecule has 2 amide bonds. The van der Waals surface area contributed by atoms with Gasteiger partial charge in [0.2, 0.25) is 5.91 Å². The predicted octanol–water partition coefficient (Wildman–Crippen LogP) is 4.41. The van der Waals surface area contributed by atoms with Crippen molar-refractivity contribution in [1.29, 1.82) is 0 Å². The van der Waals surface area contributed by atoms with E-state index in [1.807, 2.05) is 51.2 Å². The Kier molecular flexibility index (Phi) is 6.19. The normalized spacial score (nSPS) is 17.0. The van der Waals surface area contributed by atoms with E-state index in [0.717, 1.165) is 35.6 Å². The van der Waals surface area contributed by atoms with E-state index in [2.05, 4.69) is 16.9 Å². The van der Waals surface area contributed by atoms with Crippen LogP contribution in [-0.4, -0.2) is 44.1 Å². The second kappa shape index (κ2) is 8.50. The fourth-order valence-corrected chi connectivity index (χ4v) is 4.05. The van der Waals surface area contributed by atoms with Crippen molar-refractivity contribution in [2.24, 2.45) is 5.92 Å². The van der Waals surface area contributed by atoms with Gasteiger partial charge in [-0.15, -0.1) is 0 Å². The molecule has 162 valence electrons. The Balaban J connectivity index is 1.90. The number of carbonyl (C=O) groups excluding carboxylic acids is 1. The summed E-state index contributed by atoms with van der Waals surface area (Å²) in [6, 6.07) is 7.68. The van der Waals surface area contributed by atoms with E-state index in [4.69, 9.17) is 0 Å². The van der Waals surface area contributed by atoms with Crippen LogP contribution in [0.25, 0.3) is 0 Å². The first-order chi connectivity index (χ1) is 14.1. The minimum absolute atomic E-state index is 0.0890. The second-order valence-corrected chi connectivity index (χ2v) is 9.07. The molecule has 3 rings (SSSR count). The lowest BCUT2D eigenvalue weighted by molar-refractivity contribution is -0.123. The molecule has 7 heteroatoms. The van der Waals surface area contributed by atoms with Gasteiger partial charge in [-0.1, -0.05) is 38.5 Å². The number of hydrogen-bond donors (Lipinski definition) is 2. The number of anilines is 1. The average Bonchev–Trinajstić information content (AvgIpc) is 3.28. The third-order valence-electron chi connectivity index (χ3n) is 5.62. The number of fused-ring (bicyclic) bond motifs is 1. The molecule has 2 atom stereocenters. The zero-order chi connectivity index (χ0) is 22.1. The smallest absolute Gasteiger partial charge is 0.407 e. The van der Waals surface area contributed by atoms with Crippen molar-refractivity contribution in [3.63, 3.8) is 0 Å². The van der Waals surface area contributed by atoms with E-state index in [1.165, 1.54) is 4.90 Å². The summed E-state index contributed by atoms with van der Waals surface area (Å²) < 4.78 is 0. The molecule has 0 spiro atoms. The lowest BCUT2D eigenvalue weighted by atomic mass is 10.0. The van der Waals surface area contributed by atoms with Crippen LogP contribution in [0.2, 0.25) is 0 Å². The van der Waals surface area contributed by atoms with Gasteiger partial charge in [0, 0.05) is 36.1 Å². The van der Waals surface area contributed by atoms with Crippen molar-refractivity contribution in [3.8, 4) is 0 Å². The molecule has 1 aromatic heterocycles. The zero-order valence-corrected chi connectivity index (χ0v) is 18.5. The number of H-pyrrole nitrogens is 1. The number of aromatic nitrogens is 2. The van der Waals surface area contributed by atoms with E-state index in [1.54, 1.807) is 11.8 Å². The van der Waals surface area contributed by atoms with Crippen molar-refractivity contribution < 1.29 is 14.7 Å². The molecule has 1 aliphatic heterocycles. The Morgan fingerprint density at radius 3 is 2.67 bits per heavy atom. The largest absolute Gasteiger partial charge is 0.465 e. The lowest BCUT2D eigenvalue weighted by Gasteiger charge is -2.36. The molecule has 0 bridgehead atoms. The summed E-state index contributed by atoms with van der Waals surface area (Å²) in [7, 11) is 0. The van der Waals surface area contributed by atoms with Crippen LogP contribution in [0.3, 0.4) is 0 Å². The summed E-state index contributed by atoms with van der Waals surface area (Å²) in [6.07, 6.45) is 3.45. The van der Waals surface area contributed by atoms with Crippen molar-refractivity contribution in [1.82, 2.24) is 14.9 Å². The quantitative estimate of drug-likeness (QED) is 0.735. The van der Waals surface area contributed by atoms with Crippen LogP contribution in [0.5, 0.6) is 0 Å². The zero-order valence-electron chi connectivity index (χ0n) is 18.5. The summed E-state index contributed by atoms with van der Waals surface area (Å²) in [5.41, 5.74) is 2.46. The molecule has 0 aliphatic carbocycles. The number of para-hydroxylation sites is 1. The Labute approximate surface area is 178 Å². The van der Waals surface area contributed by atoms with Crippen molar-refractivity contribution >= 4 is 17.7 Å². The molecule has 0 fully saturated rings. The van der Waals surface area contributed by atoms with Gasteiger partial charge in [0.25, 0.3) is 0 Å². The molecule has 2 N–H and O–H groups in total. The van der Waals surface area contributed by atoms with Crippen LogP contribution in [0.15, 0.2) is 30.5 Å². The summed E-state index contributed by atoms with van der Waals surface area (Å²) in [5.74, 6) is 0.203. The molecule has 0 radical (unpaired) electrons. The van der Waals surface area contributed by atoms with Gasteiger partial charge < -0.3 is 19.9 Å². The number of nitrogens with zero attached hydrogens (tertiary/aromatic N) is 3. The highest BCUT2D eigenvalue weighted by atomic mass is 16.4. The van der Waals surface area contributed by atoms with Gasteiger partial charge in [-0.05, 0) is 38.8 Å². The molecule has 0 unspecified atom stereocenters. The summed E-state index contributed by atoms with van der Waals surface area (Å²) in [6.45, 7) is 9.57. The van der Waals surface area contributed by atoms with Gasteiger partial charge in [-0.2, -0.15) is 0 Å². The van der Waals surface area contributed by atoms with Gasteiger partial charge in [0.1, 0.15) is 5.82 Å². The third kappa shape index (κ3) is 4.35. The molecule has 0 saturated carbocycles. The van der Waals surface area contributed by atoms with Crippen molar-refractivity contribution in [2.75, 3.05) is 11.4 Å². The minimum Gasteiger partial charge on any atom is -0.465 e. The fraction of sp³-hybridized carbons (Fsp3) is 0.522. The van der Waals surface area contributed by atoms with Crippen LogP contribution in [0.1, 0.15) is 64.2 Å². The Morgan fingerprint density at radius 2 is 2.03 bits per heavy atom. The van der Waals surface area contributed by atoms with Crippen LogP contribution in [0.4, 0.5) is 10.5 Å². The van der Waals surface area contributed by atoms with Crippen LogP contribution in [0, 0.1) is 5.92 Å². The van der Waals surface area contributed by atoms with Gasteiger partial charge in [0.15, 0.2) is 0 Å². The number of hydrogen-bond acceptors (Lipinski definition) is 3. The first kappa shape index (κ1) is 21.9. The van der Waals surface area contributed by atoms with Crippen LogP contribution >= 0.6 is 0 Å². The summed E-state index contributed by atoms with van der Waals surface area (Å²) in [5, 5.41) is 9.63. The van der Waals surface area contributed by atoms with E-state index >= 15 is 0 Å². The highest BCUT2D eigenvalue weighted by molar-refractivity contribution is 5.98. The molecular formula is C23H32N4O3. The predicted molar refractivity (Wildman–Crippen MR) is 117 cm³/mol. The van der Waals surface area contributed by atoms with Crippen LogP contribution < -0.4 is 4.90 Å². The Morgan fingerprint density at radius 1 is 1.33 bits per heavy atom. The van der Waals surface area contributed by atoms with Gasteiger partial charge in [0.05, 0.1) is 12.0 Å². The fourth-order valence-electron chi connectivity index (χ4n) is 4.05. The van der Waals surface area contributed by atoms with Gasteiger partial charge >= 0.3 is 6.09 Å². The number of amides is 2. The molecule has 7 nitrogen and oxygen atoms in total. The van der Waals surface area contributed by atoms with E-state index in [-0.39, 0.29) is 18.5 Å². The molecule has 2 heterocycles. The lowest BCUT2D eigenvalue weighted by Crippen LogP contribution is -2.50. The molecule has 0 saturated heterocycles. The first-order valence-electron chi connectivity index (χ1n) is 10.6. The first-order valence-corrected chi connectivity index (χ1v) is 10.6. The minimum atomic E-state index is -1.02. The number of carbonyl (C=O) groups is 2. The second-order valence-electron chi connectivity index (χ2n) is 9.07. The molecule has 30 heavy (non-hydrogen) atoms. The Hall–Kier alpha value is -2.83. The van der Waals surface area contributed by atoms with Crippen molar-refractivity contribution in [2.45, 2.75) is 65.5 Å². The molecule has 2 aromatic rings. The van der Waals surface area contributed by atoms with E-state index in [9.17, 15) is 14.7 Å². The highest BCUT2D eigenvalue weighted by Crippen LogP contribution is 2.40. The highest BCUT2D eigenvalue weighted by Gasteiger charge is 2.39. The van der Waals surface area contributed by atoms with E-state index < -0.39 is 17.6 Å². The maximum absolute atomic E-state index is 13.6. The van der Waals surface area contributed by atoms with Crippen molar-refractivity contribution in [3.05, 3.63) is 47.5 Å². The third-order valence-corrected chi connectivity index (χ3v) is 5.62. The average molecular weight is 413 g/mol. The van der Waals surface area contributed by atoms with Gasteiger partial charge in [-0.3, -0.25) is 4.79 Å². The number of imidazole rings is 1. The maximum atomic E-state index is 13.6. The maximum Gasteiger partial charge on any atom is 0.407 e. The number of aryl methyl sites for hydroxylation is 1. The number of aromatic amines is 1. The van der Waals surface area contributed by atoms with E-state index in [0.29, 0.717) is 6.42 Å². The summed E-state index contributed by atoms with van der Waals surface area (Å²) >= 11 is 0. The molecular weight excluding hydrogens is 380 g/mol. The summed E-state index contributed by atoms with van der Waals surface area (Å²) in [4.78, 5) is 36.4. The monoisotopic (exact) mass is 412 g/mol. The number of rotatable bonds is 6. The Bertz CT molecular complexity index is 915. The van der Waals surface area contributed by atoms with Gasteiger partial charge in [-0.25, -0.2) is 9.78 Å².